The molecule has 0 atom stereocenters. The van der Waals surface area contributed by atoms with E-state index in [9.17, 15) is 19.2 Å². The summed E-state index contributed by atoms with van der Waals surface area (Å²) >= 11 is 6.05. The summed E-state index contributed by atoms with van der Waals surface area (Å²) in [6, 6.07) is 4.53. The summed E-state index contributed by atoms with van der Waals surface area (Å²) in [6.45, 7) is 0. The van der Waals surface area contributed by atoms with Gasteiger partial charge in [0.15, 0.2) is 0 Å². The zero-order chi connectivity index (χ0) is 18.8. The van der Waals surface area contributed by atoms with E-state index in [0.717, 1.165) is 0 Å². The van der Waals surface area contributed by atoms with Crippen molar-refractivity contribution >= 4 is 46.7 Å². The van der Waals surface area contributed by atoms with Crippen LogP contribution in [0.25, 0.3) is 0 Å². The molecule has 136 valence electrons. The molecule has 0 aliphatic carbocycles. The Morgan fingerprint density at radius 1 is 0.840 bits per heavy atom. The van der Waals surface area contributed by atoms with Gasteiger partial charge in [-0.1, -0.05) is 11.6 Å². The first-order valence-electron chi connectivity index (χ1n) is 7.60. The number of aliphatic carboxylic acids is 2. The number of carbonyl (C=O) groups is 4. The van der Waals surface area contributed by atoms with Crippen LogP contribution in [0.3, 0.4) is 0 Å². The van der Waals surface area contributed by atoms with Gasteiger partial charge in [0.1, 0.15) is 0 Å². The van der Waals surface area contributed by atoms with E-state index in [1.54, 1.807) is 6.07 Å². The van der Waals surface area contributed by atoms with E-state index in [1.165, 1.54) is 12.1 Å². The van der Waals surface area contributed by atoms with E-state index >= 15 is 0 Å². The Kier molecular flexibility index (Phi) is 8.42. The predicted molar refractivity (Wildman–Crippen MR) is 91.7 cm³/mol. The Bertz CT molecular complexity index is 662. The van der Waals surface area contributed by atoms with Crippen LogP contribution >= 0.6 is 11.6 Å². The van der Waals surface area contributed by atoms with Gasteiger partial charge in [0.25, 0.3) is 0 Å². The van der Waals surface area contributed by atoms with Gasteiger partial charge in [0, 0.05) is 31.4 Å². The second-order valence-electron chi connectivity index (χ2n) is 5.29. The maximum absolute atomic E-state index is 11.7. The molecule has 0 unspecified atom stereocenters. The first-order chi connectivity index (χ1) is 11.8. The SMILES string of the molecule is O=C(O)CCCC(=O)Nc1ccc(NC(=O)CCCC(=O)O)c(Cl)c1. The number of halogens is 1. The summed E-state index contributed by atoms with van der Waals surface area (Å²) in [4.78, 5) is 44.2. The average molecular weight is 371 g/mol. The van der Waals surface area contributed by atoms with Gasteiger partial charge < -0.3 is 20.8 Å². The number of carbonyl (C=O) groups excluding carboxylic acids is 2. The third-order valence-electron chi connectivity index (χ3n) is 3.12. The quantitative estimate of drug-likeness (QED) is 0.500. The van der Waals surface area contributed by atoms with Crippen molar-refractivity contribution in [3.8, 4) is 0 Å². The number of benzene rings is 1. The summed E-state index contributed by atoms with van der Waals surface area (Å²) in [5.74, 6) is -2.61. The lowest BCUT2D eigenvalue weighted by Gasteiger charge is -2.10. The minimum atomic E-state index is -0.964. The molecule has 9 heteroatoms. The molecule has 1 aromatic rings. The summed E-state index contributed by atoms with van der Waals surface area (Å²) in [5.41, 5.74) is 0.778. The highest BCUT2D eigenvalue weighted by Gasteiger charge is 2.09. The third-order valence-corrected chi connectivity index (χ3v) is 3.43. The molecular weight excluding hydrogens is 352 g/mol. The molecule has 0 aliphatic heterocycles. The van der Waals surface area contributed by atoms with Crippen molar-refractivity contribution in [3.63, 3.8) is 0 Å². The standard InChI is InChI=1S/C16H19ClN2O6/c17-11-9-10(18-13(20)3-1-5-15(22)23)7-8-12(11)19-14(21)4-2-6-16(24)25/h7-9H,1-6H2,(H,18,20)(H,19,21)(H,22,23)(H,24,25). The van der Waals surface area contributed by atoms with Gasteiger partial charge in [-0.25, -0.2) is 0 Å². The van der Waals surface area contributed by atoms with Gasteiger partial charge in [-0.2, -0.15) is 0 Å². The van der Waals surface area contributed by atoms with Gasteiger partial charge in [0.05, 0.1) is 10.7 Å². The monoisotopic (exact) mass is 370 g/mol. The van der Waals surface area contributed by atoms with Crippen LogP contribution in [-0.2, 0) is 19.2 Å². The molecule has 4 N–H and O–H groups in total. The zero-order valence-electron chi connectivity index (χ0n) is 13.4. The largest absolute Gasteiger partial charge is 0.481 e. The Balaban J connectivity index is 2.50. The van der Waals surface area contributed by atoms with Crippen LogP contribution in [0.5, 0.6) is 0 Å². The number of rotatable bonds is 10. The summed E-state index contributed by atoms with van der Waals surface area (Å²) in [6.07, 6.45) is 0.425. The van der Waals surface area contributed by atoms with Crippen LogP contribution in [0.1, 0.15) is 38.5 Å². The van der Waals surface area contributed by atoms with Gasteiger partial charge in [0.2, 0.25) is 11.8 Å². The smallest absolute Gasteiger partial charge is 0.303 e. The minimum absolute atomic E-state index is 0.0602. The molecule has 0 saturated heterocycles. The van der Waals surface area contributed by atoms with E-state index in [4.69, 9.17) is 21.8 Å². The number of amides is 2. The summed E-state index contributed by atoms with van der Waals surface area (Å²) < 4.78 is 0. The van der Waals surface area contributed by atoms with Crippen molar-refractivity contribution in [1.29, 1.82) is 0 Å². The molecule has 1 rings (SSSR count). The highest BCUT2D eigenvalue weighted by Crippen LogP contribution is 2.26. The molecule has 0 aromatic heterocycles. The molecular formula is C16H19ClN2O6. The second-order valence-corrected chi connectivity index (χ2v) is 5.69. The average Bonchev–Trinajstić information content (AvgIpc) is 2.49. The van der Waals surface area contributed by atoms with Crippen LogP contribution in [0.2, 0.25) is 5.02 Å². The molecule has 8 nitrogen and oxygen atoms in total. The Morgan fingerprint density at radius 2 is 1.36 bits per heavy atom. The third kappa shape index (κ3) is 8.71. The summed E-state index contributed by atoms with van der Waals surface area (Å²) in [5, 5.41) is 22.4. The molecule has 0 heterocycles. The maximum atomic E-state index is 11.7. The highest BCUT2D eigenvalue weighted by molar-refractivity contribution is 6.34. The van der Waals surface area contributed by atoms with Crippen LogP contribution in [-0.4, -0.2) is 34.0 Å². The molecule has 2 amide bonds. The van der Waals surface area contributed by atoms with Crippen molar-refractivity contribution < 1.29 is 29.4 Å². The second kappa shape index (κ2) is 10.3. The Labute approximate surface area is 149 Å². The number of hydrogen-bond donors (Lipinski definition) is 4. The van der Waals surface area contributed by atoms with Crippen molar-refractivity contribution in [2.24, 2.45) is 0 Å². The normalized spacial score (nSPS) is 10.1. The molecule has 0 spiro atoms. The maximum Gasteiger partial charge on any atom is 0.303 e. The number of hydrogen-bond acceptors (Lipinski definition) is 4. The first kappa shape index (κ1) is 20.4. The van der Waals surface area contributed by atoms with Gasteiger partial charge >= 0.3 is 11.9 Å². The molecule has 0 bridgehead atoms. The predicted octanol–water partition coefficient (Wildman–Crippen LogP) is 2.73. The molecule has 25 heavy (non-hydrogen) atoms. The highest BCUT2D eigenvalue weighted by atomic mass is 35.5. The van der Waals surface area contributed by atoms with E-state index in [0.29, 0.717) is 11.4 Å². The Morgan fingerprint density at radius 3 is 1.84 bits per heavy atom. The molecule has 0 radical (unpaired) electrons. The molecule has 1 aromatic carbocycles. The van der Waals surface area contributed by atoms with E-state index in [1.807, 2.05) is 0 Å². The van der Waals surface area contributed by atoms with Gasteiger partial charge in [-0.05, 0) is 31.0 Å². The molecule has 0 saturated carbocycles. The number of carboxylic acids is 2. The van der Waals surface area contributed by atoms with Crippen LogP contribution in [0.15, 0.2) is 18.2 Å². The van der Waals surface area contributed by atoms with Gasteiger partial charge in [-0.3, -0.25) is 19.2 Å². The fourth-order valence-corrected chi connectivity index (χ4v) is 2.16. The lowest BCUT2D eigenvalue weighted by molar-refractivity contribution is -0.138. The van der Waals surface area contributed by atoms with Crippen LogP contribution in [0, 0.1) is 0 Å². The lowest BCUT2D eigenvalue weighted by atomic mass is 10.2. The van der Waals surface area contributed by atoms with E-state index in [2.05, 4.69) is 10.6 Å². The molecule has 0 fully saturated rings. The van der Waals surface area contributed by atoms with Crippen molar-refractivity contribution in [2.45, 2.75) is 38.5 Å². The number of nitrogens with one attached hydrogen (secondary N) is 2. The van der Waals surface area contributed by atoms with E-state index in [-0.39, 0.29) is 55.4 Å². The van der Waals surface area contributed by atoms with Crippen LogP contribution in [0.4, 0.5) is 11.4 Å². The topological polar surface area (TPSA) is 133 Å². The number of anilines is 2. The van der Waals surface area contributed by atoms with E-state index < -0.39 is 11.9 Å². The fourth-order valence-electron chi connectivity index (χ4n) is 1.93. The molecule has 0 aliphatic rings. The zero-order valence-corrected chi connectivity index (χ0v) is 14.1. The van der Waals surface area contributed by atoms with Crippen molar-refractivity contribution in [1.82, 2.24) is 0 Å². The minimum Gasteiger partial charge on any atom is -0.481 e. The number of carboxylic acid groups (broad SMARTS) is 2. The van der Waals surface area contributed by atoms with Gasteiger partial charge in [-0.15, -0.1) is 0 Å². The van der Waals surface area contributed by atoms with Crippen molar-refractivity contribution in [2.75, 3.05) is 10.6 Å². The van der Waals surface area contributed by atoms with Crippen LogP contribution < -0.4 is 10.6 Å². The fraction of sp³-hybridized carbons (Fsp3) is 0.375. The van der Waals surface area contributed by atoms with Crippen molar-refractivity contribution in [3.05, 3.63) is 23.2 Å². The summed E-state index contributed by atoms with van der Waals surface area (Å²) in [7, 11) is 0. The Hall–Kier alpha value is -2.61. The first-order valence-corrected chi connectivity index (χ1v) is 7.98. The lowest BCUT2D eigenvalue weighted by Crippen LogP contribution is -2.13.